The topological polar surface area (TPSA) is 39.3 Å². The minimum absolute atomic E-state index is 0.0468. The smallest absolute Gasteiger partial charge is 0.251 e. The number of carbonyl (C=O) groups is 1. The first-order valence-corrected chi connectivity index (χ1v) is 9.49. The second-order valence-corrected chi connectivity index (χ2v) is 7.37. The van der Waals surface area contributed by atoms with Crippen molar-refractivity contribution < 1.29 is 9.18 Å². The number of hydrogen-bond acceptors (Lipinski definition) is 2. The molecule has 27 heavy (non-hydrogen) atoms. The van der Waals surface area contributed by atoms with Gasteiger partial charge in [0.25, 0.3) is 5.91 Å². The van der Waals surface area contributed by atoms with Crippen molar-refractivity contribution in [2.45, 2.75) is 25.4 Å². The van der Waals surface area contributed by atoms with Crippen LogP contribution >= 0.6 is 12.2 Å². The van der Waals surface area contributed by atoms with Gasteiger partial charge in [-0.05, 0) is 48.5 Å². The third-order valence-corrected chi connectivity index (χ3v) is 6.07. The first-order chi connectivity index (χ1) is 13.1. The van der Waals surface area contributed by atoms with Crippen LogP contribution < -0.4 is 0 Å². The lowest BCUT2D eigenvalue weighted by molar-refractivity contribution is -0.128. The van der Waals surface area contributed by atoms with Gasteiger partial charge in [0.15, 0.2) is 5.11 Å². The van der Waals surface area contributed by atoms with Crippen molar-refractivity contribution >= 4 is 34.1 Å². The van der Waals surface area contributed by atoms with Crippen molar-refractivity contribution in [1.29, 1.82) is 0 Å². The molecule has 1 amide bonds. The molecule has 1 aromatic heterocycles. The summed E-state index contributed by atoms with van der Waals surface area (Å²) in [6, 6.07) is 14.0. The summed E-state index contributed by atoms with van der Waals surface area (Å²) >= 11 is 5.67. The standard InChI is InChI=1S/C21H18FN3OS/c1-2-24-20(26)17-11-15-14-5-3-4-6-16(14)23-18(15)19(25(17)21(24)27)12-7-9-13(22)10-8-12/h3-10,17,19,23H,2,11H2,1H3/t17-,19+/m0/s1. The Kier molecular flexibility index (Phi) is 3.59. The fourth-order valence-corrected chi connectivity index (χ4v) is 4.86. The highest BCUT2D eigenvalue weighted by atomic mass is 32.1. The molecule has 2 aliphatic rings. The molecule has 0 spiro atoms. The fraction of sp³-hybridized carbons (Fsp3) is 0.238. The van der Waals surface area contributed by atoms with Gasteiger partial charge >= 0.3 is 0 Å². The molecule has 136 valence electrons. The average Bonchev–Trinajstić information content (AvgIpc) is 3.16. The first-order valence-electron chi connectivity index (χ1n) is 9.08. The summed E-state index contributed by atoms with van der Waals surface area (Å²) in [5.41, 5.74) is 4.14. The number of halogens is 1. The molecule has 0 saturated carbocycles. The number of carbonyl (C=O) groups excluding carboxylic acids is 1. The number of amides is 1. The number of para-hydroxylation sites is 1. The van der Waals surface area contributed by atoms with Gasteiger partial charge in [-0.2, -0.15) is 0 Å². The normalized spacial score (nSPS) is 21.7. The van der Waals surface area contributed by atoms with Gasteiger partial charge in [-0.3, -0.25) is 9.69 Å². The number of likely N-dealkylation sites (N-methyl/N-ethyl adjacent to an activating group) is 1. The molecule has 2 aliphatic heterocycles. The number of aromatic amines is 1. The maximum absolute atomic E-state index is 13.5. The molecule has 1 N–H and O–H groups in total. The van der Waals surface area contributed by atoms with Crippen LogP contribution in [0.5, 0.6) is 0 Å². The highest BCUT2D eigenvalue weighted by Crippen LogP contribution is 2.43. The zero-order valence-corrected chi connectivity index (χ0v) is 15.6. The van der Waals surface area contributed by atoms with Crippen LogP contribution in [0.1, 0.15) is 29.8 Å². The molecule has 2 aromatic carbocycles. The Morgan fingerprint density at radius 3 is 2.67 bits per heavy atom. The van der Waals surface area contributed by atoms with Gasteiger partial charge < -0.3 is 9.88 Å². The number of thiocarbonyl (C=S) groups is 1. The maximum Gasteiger partial charge on any atom is 0.251 e. The summed E-state index contributed by atoms with van der Waals surface area (Å²) in [5.74, 6) is -0.233. The minimum atomic E-state index is -0.320. The molecule has 6 heteroatoms. The number of rotatable bonds is 2. The van der Waals surface area contributed by atoms with E-state index in [0.29, 0.717) is 18.1 Å². The lowest BCUT2D eigenvalue weighted by Gasteiger charge is -2.37. The average molecular weight is 379 g/mol. The second-order valence-electron chi connectivity index (χ2n) is 7.01. The Labute approximate surface area is 161 Å². The van der Waals surface area contributed by atoms with Crippen LogP contribution in [0.3, 0.4) is 0 Å². The summed E-state index contributed by atoms with van der Waals surface area (Å²) in [4.78, 5) is 20.2. The lowest BCUT2D eigenvalue weighted by Crippen LogP contribution is -2.44. The van der Waals surface area contributed by atoms with E-state index in [1.807, 2.05) is 30.0 Å². The van der Waals surface area contributed by atoms with E-state index in [-0.39, 0.29) is 23.8 Å². The molecule has 3 heterocycles. The van der Waals surface area contributed by atoms with Gasteiger partial charge in [0.05, 0.1) is 6.04 Å². The highest BCUT2D eigenvalue weighted by molar-refractivity contribution is 7.80. The molecule has 3 aromatic rings. The monoisotopic (exact) mass is 379 g/mol. The van der Waals surface area contributed by atoms with E-state index in [1.54, 1.807) is 17.0 Å². The van der Waals surface area contributed by atoms with Crippen molar-refractivity contribution in [2.75, 3.05) is 6.54 Å². The van der Waals surface area contributed by atoms with Gasteiger partial charge in [-0.25, -0.2) is 4.39 Å². The van der Waals surface area contributed by atoms with Crippen molar-refractivity contribution in [2.24, 2.45) is 0 Å². The minimum Gasteiger partial charge on any atom is -0.356 e. The van der Waals surface area contributed by atoms with E-state index in [4.69, 9.17) is 12.2 Å². The predicted octanol–water partition coefficient (Wildman–Crippen LogP) is 3.77. The SMILES string of the molecule is CCN1C(=O)[C@@H]2Cc3c([nH]c4ccccc34)[C@@H](c3ccc(F)cc3)N2C1=S. The molecule has 0 aliphatic carbocycles. The quantitative estimate of drug-likeness (QED) is 0.689. The molecule has 1 fully saturated rings. The van der Waals surface area contributed by atoms with Crippen LogP contribution in [-0.4, -0.2) is 38.4 Å². The summed E-state index contributed by atoms with van der Waals surface area (Å²) in [6.07, 6.45) is 0.618. The Bertz CT molecular complexity index is 1070. The Morgan fingerprint density at radius 2 is 1.93 bits per heavy atom. The number of fused-ring (bicyclic) bond motifs is 4. The van der Waals surface area contributed by atoms with Crippen molar-refractivity contribution in [3.63, 3.8) is 0 Å². The summed E-state index contributed by atoms with van der Waals surface area (Å²) in [6.45, 7) is 2.49. The number of H-pyrrole nitrogens is 1. The molecule has 5 rings (SSSR count). The van der Waals surface area contributed by atoms with Crippen molar-refractivity contribution in [3.8, 4) is 0 Å². The van der Waals surface area contributed by atoms with Gasteiger partial charge in [0.2, 0.25) is 0 Å². The van der Waals surface area contributed by atoms with Crippen LogP contribution in [0, 0.1) is 5.82 Å². The lowest BCUT2D eigenvalue weighted by atomic mass is 9.89. The third-order valence-electron chi connectivity index (χ3n) is 5.64. The molecular formula is C21H18FN3OS. The Morgan fingerprint density at radius 1 is 1.19 bits per heavy atom. The molecular weight excluding hydrogens is 361 g/mol. The van der Waals surface area contributed by atoms with Gasteiger partial charge in [0, 0.05) is 29.6 Å². The largest absolute Gasteiger partial charge is 0.356 e. The van der Waals surface area contributed by atoms with E-state index in [2.05, 4.69) is 11.1 Å². The number of nitrogens with zero attached hydrogens (tertiary/aromatic N) is 2. The third kappa shape index (κ3) is 2.26. The zero-order chi connectivity index (χ0) is 18.7. The highest BCUT2D eigenvalue weighted by Gasteiger charge is 2.49. The Hall–Kier alpha value is -2.73. The molecule has 0 unspecified atom stereocenters. The molecule has 1 saturated heterocycles. The predicted molar refractivity (Wildman–Crippen MR) is 106 cm³/mol. The molecule has 4 nitrogen and oxygen atoms in total. The summed E-state index contributed by atoms with van der Waals surface area (Å²) in [5, 5.41) is 1.68. The van der Waals surface area contributed by atoms with E-state index >= 15 is 0 Å². The van der Waals surface area contributed by atoms with E-state index in [0.717, 1.165) is 27.7 Å². The molecule has 0 radical (unpaired) electrons. The van der Waals surface area contributed by atoms with Gasteiger partial charge in [0.1, 0.15) is 11.9 Å². The number of nitrogens with one attached hydrogen (secondary N) is 1. The summed E-state index contributed by atoms with van der Waals surface area (Å²) in [7, 11) is 0. The Balaban J connectivity index is 1.75. The number of benzene rings is 2. The second kappa shape index (κ2) is 5.89. The van der Waals surface area contributed by atoms with Crippen LogP contribution in [0.15, 0.2) is 48.5 Å². The van der Waals surface area contributed by atoms with Gasteiger partial charge in [-0.1, -0.05) is 30.3 Å². The van der Waals surface area contributed by atoms with E-state index in [9.17, 15) is 9.18 Å². The van der Waals surface area contributed by atoms with E-state index in [1.165, 1.54) is 12.1 Å². The molecule has 0 bridgehead atoms. The van der Waals surface area contributed by atoms with Crippen LogP contribution in [-0.2, 0) is 11.2 Å². The number of hydrogen-bond donors (Lipinski definition) is 1. The number of aromatic nitrogens is 1. The fourth-order valence-electron chi connectivity index (χ4n) is 4.41. The van der Waals surface area contributed by atoms with Crippen LogP contribution in [0.4, 0.5) is 4.39 Å². The van der Waals surface area contributed by atoms with Crippen molar-refractivity contribution in [3.05, 3.63) is 71.2 Å². The zero-order valence-electron chi connectivity index (χ0n) is 14.8. The van der Waals surface area contributed by atoms with Crippen LogP contribution in [0.2, 0.25) is 0 Å². The van der Waals surface area contributed by atoms with E-state index < -0.39 is 0 Å². The maximum atomic E-state index is 13.5. The first kappa shape index (κ1) is 16.4. The molecule has 2 atom stereocenters. The van der Waals surface area contributed by atoms with Gasteiger partial charge in [-0.15, -0.1) is 0 Å². The summed E-state index contributed by atoms with van der Waals surface area (Å²) < 4.78 is 13.5. The van der Waals surface area contributed by atoms with Crippen molar-refractivity contribution in [1.82, 2.24) is 14.8 Å². The van der Waals surface area contributed by atoms with Crippen LogP contribution in [0.25, 0.3) is 10.9 Å².